The molecular formula is C12H18N4O2. The third kappa shape index (κ3) is 3.32. The van der Waals surface area contributed by atoms with Crippen LogP contribution in [0.3, 0.4) is 0 Å². The molecule has 1 heterocycles. The average Bonchev–Trinajstić information content (AvgIpc) is 3.11. The summed E-state index contributed by atoms with van der Waals surface area (Å²) in [6.07, 6.45) is 2.57. The highest BCUT2D eigenvalue weighted by Gasteiger charge is 2.26. The Hall–Kier alpha value is -1.85. The van der Waals surface area contributed by atoms with Crippen molar-refractivity contribution in [1.82, 2.24) is 14.9 Å². The van der Waals surface area contributed by atoms with Crippen LogP contribution in [0.25, 0.3) is 0 Å². The van der Waals surface area contributed by atoms with Crippen LogP contribution in [0.15, 0.2) is 10.9 Å². The highest BCUT2D eigenvalue weighted by atomic mass is 16.2. The monoisotopic (exact) mass is 250 g/mol. The van der Waals surface area contributed by atoms with Crippen LogP contribution in [-0.2, 0) is 4.79 Å². The zero-order valence-electron chi connectivity index (χ0n) is 10.7. The Morgan fingerprint density at radius 2 is 2.28 bits per heavy atom. The number of nitrogens with zero attached hydrogens (tertiary/aromatic N) is 2. The fraction of sp³-hybridized carbons (Fsp3) is 0.583. The quantitative estimate of drug-likeness (QED) is 0.799. The smallest absolute Gasteiger partial charge is 0.252 e. The molecule has 6 heteroatoms. The van der Waals surface area contributed by atoms with Gasteiger partial charge in [-0.15, -0.1) is 0 Å². The van der Waals surface area contributed by atoms with E-state index in [1.807, 2.05) is 0 Å². The molecule has 6 nitrogen and oxygen atoms in total. The average molecular weight is 250 g/mol. The van der Waals surface area contributed by atoms with Crippen LogP contribution in [0, 0.1) is 0 Å². The van der Waals surface area contributed by atoms with Crippen molar-refractivity contribution < 1.29 is 4.79 Å². The zero-order valence-corrected chi connectivity index (χ0v) is 10.7. The fourth-order valence-electron chi connectivity index (χ4n) is 1.64. The van der Waals surface area contributed by atoms with Gasteiger partial charge in [-0.1, -0.05) is 0 Å². The number of H-pyrrole nitrogens is 1. The van der Waals surface area contributed by atoms with Crippen molar-refractivity contribution in [3.63, 3.8) is 0 Å². The van der Waals surface area contributed by atoms with E-state index in [1.165, 1.54) is 6.07 Å². The molecule has 0 bridgehead atoms. The second-order valence-corrected chi connectivity index (χ2v) is 4.76. The third-order valence-corrected chi connectivity index (χ3v) is 2.87. The van der Waals surface area contributed by atoms with Gasteiger partial charge < -0.3 is 15.2 Å². The molecule has 2 rings (SSSR count). The normalized spacial score (nSPS) is 14.3. The maximum atomic E-state index is 11.4. The number of carbonyl (C=O) groups is 1. The molecule has 1 aliphatic rings. The number of amides is 1. The third-order valence-electron chi connectivity index (χ3n) is 2.87. The summed E-state index contributed by atoms with van der Waals surface area (Å²) in [6, 6.07) is 1.42. The van der Waals surface area contributed by atoms with E-state index < -0.39 is 0 Å². The topological polar surface area (TPSA) is 78.1 Å². The van der Waals surface area contributed by atoms with Crippen molar-refractivity contribution in [2.75, 3.05) is 26.0 Å². The fourth-order valence-corrected chi connectivity index (χ4v) is 1.64. The summed E-state index contributed by atoms with van der Waals surface area (Å²) in [7, 11) is 3.44. The standard InChI is InChI=1S/C12H18N4O2/c1-16(2)11(18)5-6-13-9-7-10(17)15-12(14-9)8-3-4-8/h7-8H,3-6H2,1-2H3,(H2,13,14,15,17). The van der Waals surface area contributed by atoms with Gasteiger partial charge in [0, 0.05) is 39.0 Å². The summed E-state index contributed by atoms with van der Waals surface area (Å²) in [5.41, 5.74) is -0.145. The molecule has 18 heavy (non-hydrogen) atoms. The van der Waals surface area contributed by atoms with E-state index in [2.05, 4.69) is 15.3 Å². The molecule has 1 aromatic rings. The van der Waals surface area contributed by atoms with Gasteiger partial charge in [-0.25, -0.2) is 4.98 Å². The van der Waals surface area contributed by atoms with Crippen LogP contribution in [0.4, 0.5) is 5.82 Å². The van der Waals surface area contributed by atoms with Gasteiger partial charge in [-0.05, 0) is 12.8 Å². The SMILES string of the molecule is CN(C)C(=O)CCNc1cc(=O)[nH]c(C2CC2)n1. The van der Waals surface area contributed by atoms with E-state index >= 15 is 0 Å². The number of nitrogens with one attached hydrogen (secondary N) is 2. The summed E-state index contributed by atoms with van der Waals surface area (Å²) in [5.74, 6) is 1.76. The van der Waals surface area contributed by atoms with Crippen LogP contribution >= 0.6 is 0 Å². The van der Waals surface area contributed by atoms with Crippen LogP contribution < -0.4 is 10.9 Å². The molecule has 1 aromatic heterocycles. The minimum atomic E-state index is -0.145. The Bertz CT molecular complexity index is 491. The Morgan fingerprint density at radius 3 is 2.89 bits per heavy atom. The van der Waals surface area contributed by atoms with Crippen LogP contribution in [0.1, 0.15) is 31.0 Å². The van der Waals surface area contributed by atoms with Gasteiger partial charge in [0.2, 0.25) is 5.91 Å². The number of rotatable bonds is 5. The first kappa shape index (κ1) is 12.6. The molecule has 1 saturated carbocycles. The molecule has 1 fully saturated rings. The van der Waals surface area contributed by atoms with Crippen molar-refractivity contribution in [2.24, 2.45) is 0 Å². The van der Waals surface area contributed by atoms with E-state index in [0.717, 1.165) is 18.7 Å². The first-order chi connectivity index (χ1) is 8.56. The zero-order chi connectivity index (χ0) is 13.1. The second-order valence-electron chi connectivity index (χ2n) is 4.76. The summed E-state index contributed by atoms with van der Waals surface area (Å²) in [4.78, 5) is 31.5. The molecule has 1 aliphatic carbocycles. The molecule has 2 N–H and O–H groups in total. The molecule has 0 aromatic carbocycles. The summed E-state index contributed by atoms with van der Waals surface area (Å²) in [6.45, 7) is 0.484. The minimum absolute atomic E-state index is 0.0507. The Labute approximate surface area is 105 Å². The Balaban J connectivity index is 1.93. The minimum Gasteiger partial charge on any atom is -0.369 e. The number of hydrogen-bond donors (Lipinski definition) is 2. The van der Waals surface area contributed by atoms with Crippen LogP contribution in [-0.4, -0.2) is 41.4 Å². The first-order valence-corrected chi connectivity index (χ1v) is 6.11. The number of carbonyl (C=O) groups excluding carboxylic acids is 1. The van der Waals surface area contributed by atoms with Crippen molar-refractivity contribution in [2.45, 2.75) is 25.2 Å². The van der Waals surface area contributed by atoms with Crippen molar-refractivity contribution >= 4 is 11.7 Å². The van der Waals surface area contributed by atoms with E-state index in [0.29, 0.717) is 24.7 Å². The van der Waals surface area contributed by atoms with E-state index in [9.17, 15) is 9.59 Å². The first-order valence-electron chi connectivity index (χ1n) is 6.11. The second kappa shape index (κ2) is 5.20. The highest BCUT2D eigenvalue weighted by Crippen LogP contribution is 2.37. The lowest BCUT2D eigenvalue weighted by Crippen LogP contribution is -2.24. The van der Waals surface area contributed by atoms with Crippen molar-refractivity contribution in [3.8, 4) is 0 Å². The van der Waals surface area contributed by atoms with E-state index in [4.69, 9.17) is 0 Å². The largest absolute Gasteiger partial charge is 0.369 e. The molecular weight excluding hydrogens is 232 g/mol. The van der Waals surface area contributed by atoms with Gasteiger partial charge in [-0.2, -0.15) is 0 Å². The van der Waals surface area contributed by atoms with Gasteiger partial charge in [0.15, 0.2) is 0 Å². The van der Waals surface area contributed by atoms with Crippen molar-refractivity contribution in [1.29, 1.82) is 0 Å². The molecule has 0 unspecified atom stereocenters. The van der Waals surface area contributed by atoms with Crippen LogP contribution in [0.5, 0.6) is 0 Å². The molecule has 98 valence electrons. The van der Waals surface area contributed by atoms with E-state index in [-0.39, 0.29) is 11.5 Å². The van der Waals surface area contributed by atoms with Crippen molar-refractivity contribution in [3.05, 3.63) is 22.2 Å². The number of aromatic amines is 1. The summed E-state index contributed by atoms with van der Waals surface area (Å²) in [5, 5.41) is 3.02. The molecule has 0 radical (unpaired) electrons. The van der Waals surface area contributed by atoms with Gasteiger partial charge in [0.25, 0.3) is 5.56 Å². The lowest BCUT2D eigenvalue weighted by Gasteiger charge is -2.11. The van der Waals surface area contributed by atoms with Gasteiger partial charge >= 0.3 is 0 Å². The number of aromatic nitrogens is 2. The Kier molecular flexibility index (Phi) is 3.64. The van der Waals surface area contributed by atoms with Gasteiger partial charge in [-0.3, -0.25) is 9.59 Å². The predicted molar refractivity (Wildman–Crippen MR) is 68.6 cm³/mol. The maximum Gasteiger partial charge on any atom is 0.252 e. The van der Waals surface area contributed by atoms with Gasteiger partial charge in [0.1, 0.15) is 11.6 Å². The maximum absolute atomic E-state index is 11.4. The lowest BCUT2D eigenvalue weighted by atomic mass is 10.3. The Morgan fingerprint density at radius 1 is 1.56 bits per heavy atom. The lowest BCUT2D eigenvalue weighted by molar-refractivity contribution is -0.128. The summed E-state index contributed by atoms with van der Waals surface area (Å²) < 4.78 is 0. The van der Waals surface area contributed by atoms with E-state index in [1.54, 1.807) is 19.0 Å². The molecule has 0 atom stereocenters. The number of anilines is 1. The van der Waals surface area contributed by atoms with Gasteiger partial charge in [0.05, 0.1) is 0 Å². The number of hydrogen-bond acceptors (Lipinski definition) is 4. The molecule has 1 amide bonds. The molecule has 0 spiro atoms. The predicted octanol–water partition coefficient (Wildman–Crippen LogP) is 0.537. The molecule has 0 aliphatic heterocycles. The summed E-state index contributed by atoms with van der Waals surface area (Å²) >= 11 is 0. The molecule has 0 saturated heterocycles. The van der Waals surface area contributed by atoms with Crippen LogP contribution in [0.2, 0.25) is 0 Å². The highest BCUT2D eigenvalue weighted by molar-refractivity contribution is 5.76.